The number of nitrogens with zero attached hydrogens (tertiary/aromatic N) is 1. The monoisotopic (exact) mass is 422 g/mol. The molecule has 0 radical (unpaired) electrons. The maximum absolute atomic E-state index is 4.28. The molecule has 1 heterocycles. The van der Waals surface area contributed by atoms with E-state index >= 15 is 0 Å². The molecule has 0 fully saturated rings. The van der Waals surface area contributed by atoms with E-state index in [0.717, 1.165) is 15.1 Å². The van der Waals surface area contributed by atoms with Gasteiger partial charge in [0.2, 0.25) is 0 Å². The highest BCUT2D eigenvalue weighted by Gasteiger charge is 1.95. The van der Waals surface area contributed by atoms with E-state index in [0.29, 0.717) is 0 Å². The molecule has 1 aromatic heterocycles. The predicted octanol–water partition coefficient (Wildman–Crippen LogP) is 4.03. The van der Waals surface area contributed by atoms with Gasteiger partial charge in [0.15, 0.2) is 0 Å². The molecule has 0 saturated heterocycles. The third-order valence-corrected chi connectivity index (χ3v) is 3.20. The minimum Gasteiger partial charge on any atom is -0.340 e. The summed E-state index contributed by atoms with van der Waals surface area (Å²) < 4.78 is 2.37. The van der Waals surface area contributed by atoms with Crippen molar-refractivity contribution in [3.05, 3.63) is 49.7 Å². The van der Waals surface area contributed by atoms with Gasteiger partial charge in [0.05, 0.1) is 0 Å². The molecule has 15 heavy (non-hydrogen) atoms. The minimum atomic E-state index is 0.872. The summed E-state index contributed by atoms with van der Waals surface area (Å²) in [4.78, 5) is 4.28. The van der Waals surface area contributed by atoms with E-state index in [2.05, 4.69) is 67.6 Å². The lowest BCUT2D eigenvalue weighted by molar-refractivity contribution is 1.29. The maximum Gasteiger partial charge on any atom is 0.130 e. The maximum atomic E-state index is 4.28. The summed E-state index contributed by atoms with van der Waals surface area (Å²) in [6, 6.07) is 12.2. The van der Waals surface area contributed by atoms with Gasteiger partial charge in [0.1, 0.15) is 5.82 Å². The van der Waals surface area contributed by atoms with E-state index in [1.54, 1.807) is 0 Å². The molecule has 0 spiro atoms. The second-order valence-corrected chi connectivity index (χ2v) is 5.48. The highest BCUT2D eigenvalue weighted by atomic mass is 127. The topological polar surface area (TPSA) is 24.9 Å². The van der Waals surface area contributed by atoms with E-state index in [1.807, 2.05) is 30.5 Å². The first-order chi connectivity index (χ1) is 7.24. The van der Waals surface area contributed by atoms with Crippen molar-refractivity contribution in [2.24, 2.45) is 0 Å². The smallest absolute Gasteiger partial charge is 0.130 e. The third-order valence-electron chi connectivity index (χ3n) is 1.84. The van der Waals surface area contributed by atoms with Crippen molar-refractivity contribution in [2.45, 2.75) is 0 Å². The Bertz CT molecular complexity index is 394. The van der Waals surface area contributed by atoms with E-state index in [4.69, 9.17) is 0 Å². The quantitative estimate of drug-likeness (QED) is 0.740. The van der Waals surface area contributed by atoms with Crippen LogP contribution in [0.1, 0.15) is 0 Å². The molecule has 0 saturated carbocycles. The molecule has 0 bridgehead atoms. The molecular weight excluding hydrogens is 414 g/mol. The molecule has 0 aliphatic rings. The van der Waals surface area contributed by atoms with Gasteiger partial charge in [-0.25, -0.2) is 4.98 Å². The van der Waals surface area contributed by atoms with Crippen molar-refractivity contribution in [1.82, 2.24) is 4.98 Å². The molecule has 0 unspecified atom stereocenters. The molecule has 1 aromatic carbocycles. The van der Waals surface area contributed by atoms with Gasteiger partial charge in [-0.15, -0.1) is 0 Å². The normalized spacial score (nSPS) is 10.0. The van der Waals surface area contributed by atoms with E-state index in [-0.39, 0.29) is 0 Å². The van der Waals surface area contributed by atoms with Crippen LogP contribution in [0.4, 0.5) is 11.5 Å². The highest BCUT2D eigenvalue weighted by Crippen LogP contribution is 2.16. The van der Waals surface area contributed by atoms with Crippen LogP contribution in [0.15, 0.2) is 42.6 Å². The lowest BCUT2D eigenvalue weighted by atomic mass is 10.3. The summed E-state index contributed by atoms with van der Waals surface area (Å²) in [6.45, 7) is 0. The first-order valence-corrected chi connectivity index (χ1v) is 6.54. The molecule has 2 aromatic rings. The van der Waals surface area contributed by atoms with Crippen LogP contribution in [0, 0.1) is 7.14 Å². The Morgan fingerprint density at radius 2 is 1.53 bits per heavy atom. The number of benzene rings is 1. The van der Waals surface area contributed by atoms with Crippen LogP contribution in [-0.2, 0) is 0 Å². The summed E-state index contributed by atoms with van der Waals surface area (Å²) in [5, 5.41) is 3.24. The first kappa shape index (κ1) is 11.1. The number of rotatable bonds is 2. The van der Waals surface area contributed by atoms with Crippen molar-refractivity contribution in [1.29, 1.82) is 0 Å². The average Bonchev–Trinajstić information content (AvgIpc) is 2.25. The highest BCUT2D eigenvalue weighted by molar-refractivity contribution is 14.1. The van der Waals surface area contributed by atoms with Crippen LogP contribution >= 0.6 is 45.2 Å². The number of nitrogens with one attached hydrogen (secondary N) is 1. The Kier molecular flexibility index (Phi) is 3.79. The number of anilines is 2. The van der Waals surface area contributed by atoms with Gasteiger partial charge >= 0.3 is 0 Å². The summed E-state index contributed by atoms with van der Waals surface area (Å²) in [7, 11) is 0. The molecule has 2 nitrogen and oxygen atoms in total. The van der Waals surface area contributed by atoms with Gasteiger partial charge in [-0.2, -0.15) is 0 Å². The van der Waals surface area contributed by atoms with Crippen molar-refractivity contribution in [3.63, 3.8) is 0 Å². The van der Waals surface area contributed by atoms with Crippen molar-refractivity contribution >= 4 is 56.7 Å². The molecule has 1 N–H and O–H groups in total. The van der Waals surface area contributed by atoms with Gasteiger partial charge in [0.25, 0.3) is 0 Å². The second kappa shape index (κ2) is 5.11. The molecule has 2 rings (SSSR count). The van der Waals surface area contributed by atoms with Gasteiger partial charge in [0, 0.05) is 19.0 Å². The SMILES string of the molecule is Ic1ccc(Nc2ccc(I)cn2)cc1. The summed E-state index contributed by atoms with van der Waals surface area (Å²) in [5.41, 5.74) is 1.06. The molecule has 4 heteroatoms. The summed E-state index contributed by atoms with van der Waals surface area (Å²) in [5.74, 6) is 0.872. The van der Waals surface area contributed by atoms with Gasteiger partial charge in [-0.3, -0.25) is 0 Å². The van der Waals surface area contributed by atoms with Crippen LogP contribution in [-0.4, -0.2) is 4.98 Å². The predicted molar refractivity (Wildman–Crippen MR) is 79.4 cm³/mol. The standard InChI is InChI=1S/C11H8I2N2/c12-8-1-4-10(5-2-8)15-11-6-3-9(13)7-14-11/h1-7H,(H,14,15). The molecule has 0 amide bonds. The Morgan fingerprint density at radius 1 is 0.867 bits per heavy atom. The molecule has 76 valence electrons. The van der Waals surface area contributed by atoms with Crippen LogP contribution in [0.3, 0.4) is 0 Å². The zero-order valence-electron chi connectivity index (χ0n) is 7.74. The van der Waals surface area contributed by atoms with Crippen LogP contribution in [0.2, 0.25) is 0 Å². The number of hydrogen-bond acceptors (Lipinski definition) is 2. The molecule has 0 atom stereocenters. The fourth-order valence-electron chi connectivity index (χ4n) is 1.13. The van der Waals surface area contributed by atoms with Crippen molar-refractivity contribution in [2.75, 3.05) is 5.32 Å². The van der Waals surface area contributed by atoms with Crippen LogP contribution in [0.25, 0.3) is 0 Å². The second-order valence-electron chi connectivity index (χ2n) is 2.99. The summed E-state index contributed by atoms with van der Waals surface area (Å²) >= 11 is 4.53. The van der Waals surface area contributed by atoms with E-state index in [1.165, 1.54) is 3.57 Å². The van der Waals surface area contributed by atoms with E-state index in [9.17, 15) is 0 Å². The number of aromatic nitrogens is 1. The zero-order chi connectivity index (χ0) is 10.7. The molecular formula is C11H8I2N2. The zero-order valence-corrected chi connectivity index (χ0v) is 12.1. The third kappa shape index (κ3) is 3.30. The van der Waals surface area contributed by atoms with Crippen molar-refractivity contribution in [3.8, 4) is 0 Å². The minimum absolute atomic E-state index is 0.872. The van der Waals surface area contributed by atoms with Gasteiger partial charge in [-0.05, 0) is 81.6 Å². The molecule has 0 aliphatic heterocycles. The number of halogens is 2. The van der Waals surface area contributed by atoms with E-state index < -0.39 is 0 Å². The number of pyridine rings is 1. The van der Waals surface area contributed by atoms with Crippen LogP contribution < -0.4 is 5.32 Å². The lowest BCUT2D eigenvalue weighted by Gasteiger charge is -2.05. The molecule has 0 aliphatic carbocycles. The van der Waals surface area contributed by atoms with Crippen LogP contribution in [0.5, 0.6) is 0 Å². The fourth-order valence-corrected chi connectivity index (χ4v) is 1.81. The Morgan fingerprint density at radius 3 is 2.13 bits per heavy atom. The Balaban J connectivity index is 2.15. The Labute approximate surface area is 116 Å². The first-order valence-electron chi connectivity index (χ1n) is 4.38. The van der Waals surface area contributed by atoms with Gasteiger partial charge < -0.3 is 5.32 Å². The number of hydrogen-bond donors (Lipinski definition) is 1. The fraction of sp³-hybridized carbons (Fsp3) is 0. The van der Waals surface area contributed by atoms with Gasteiger partial charge in [-0.1, -0.05) is 0 Å². The van der Waals surface area contributed by atoms with Crippen molar-refractivity contribution < 1.29 is 0 Å². The summed E-state index contributed by atoms with van der Waals surface area (Å²) in [6.07, 6.45) is 1.84. The largest absolute Gasteiger partial charge is 0.340 e. The average molecular weight is 422 g/mol. The lowest BCUT2D eigenvalue weighted by Crippen LogP contribution is -1.92. The Hall–Kier alpha value is -0.370.